The third kappa shape index (κ3) is 4.75. The lowest BCUT2D eigenvalue weighted by atomic mass is 9.72. The van der Waals surface area contributed by atoms with Gasteiger partial charge in [0, 0.05) is 3.57 Å². The molecular formula is C17H26IN. The highest BCUT2D eigenvalue weighted by Crippen LogP contribution is 2.35. The molecule has 0 aliphatic heterocycles. The molecule has 1 aliphatic carbocycles. The van der Waals surface area contributed by atoms with Crippen molar-refractivity contribution in [1.29, 1.82) is 0 Å². The van der Waals surface area contributed by atoms with Gasteiger partial charge in [-0.1, -0.05) is 32.4 Å². The van der Waals surface area contributed by atoms with Crippen LogP contribution in [0.2, 0.25) is 0 Å². The monoisotopic (exact) mass is 371 g/mol. The van der Waals surface area contributed by atoms with Crippen molar-refractivity contribution in [1.82, 2.24) is 5.32 Å². The Hall–Kier alpha value is -0.0900. The average molecular weight is 371 g/mol. The van der Waals surface area contributed by atoms with E-state index in [4.69, 9.17) is 0 Å². The van der Waals surface area contributed by atoms with Gasteiger partial charge in [-0.05, 0) is 90.4 Å². The van der Waals surface area contributed by atoms with Gasteiger partial charge in [-0.15, -0.1) is 0 Å². The number of halogens is 1. The summed E-state index contributed by atoms with van der Waals surface area (Å²) < 4.78 is 1.34. The lowest BCUT2D eigenvalue weighted by molar-refractivity contribution is 0.184. The lowest BCUT2D eigenvalue weighted by Gasteiger charge is -2.35. The van der Waals surface area contributed by atoms with Crippen molar-refractivity contribution in [2.45, 2.75) is 39.5 Å². The first-order valence-electron chi connectivity index (χ1n) is 7.64. The maximum atomic E-state index is 3.56. The summed E-state index contributed by atoms with van der Waals surface area (Å²) >= 11 is 2.38. The van der Waals surface area contributed by atoms with E-state index in [2.05, 4.69) is 66.0 Å². The summed E-state index contributed by atoms with van der Waals surface area (Å²) in [5.74, 6) is 2.64. The molecule has 1 aliphatic rings. The Bertz CT molecular complexity index is 371. The van der Waals surface area contributed by atoms with E-state index in [0.29, 0.717) is 0 Å². The quantitative estimate of drug-likeness (QED) is 0.752. The molecule has 1 aromatic carbocycles. The average Bonchev–Trinajstić information content (AvgIpc) is 2.40. The minimum Gasteiger partial charge on any atom is -0.317 e. The van der Waals surface area contributed by atoms with Crippen molar-refractivity contribution < 1.29 is 0 Å². The summed E-state index contributed by atoms with van der Waals surface area (Å²) in [6.07, 6.45) is 5.49. The van der Waals surface area contributed by atoms with E-state index in [9.17, 15) is 0 Å². The first kappa shape index (κ1) is 15.3. The standard InChI is InChI=1S/C17H26IN/c1-3-19-12-15-7-4-13(2)10-16(15)11-14-5-8-17(18)9-6-14/h5-6,8-9,13,15-16,19H,3-4,7,10-12H2,1-2H3. The predicted octanol–water partition coefficient (Wildman–Crippen LogP) is 4.50. The third-order valence-electron chi connectivity index (χ3n) is 4.47. The minimum absolute atomic E-state index is 0.864. The van der Waals surface area contributed by atoms with Gasteiger partial charge >= 0.3 is 0 Å². The summed E-state index contributed by atoms with van der Waals surface area (Å²) in [6, 6.07) is 9.10. The SMILES string of the molecule is CCNCC1CCC(C)CC1Cc1ccc(I)cc1. The van der Waals surface area contributed by atoms with E-state index in [-0.39, 0.29) is 0 Å². The van der Waals surface area contributed by atoms with Crippen molar-refractivity contribution in [2.75, 3.05) is 13.1 Å². The van der Waals surface area contributed by atoms with E-state index in [1.54, 1.807) is 0 Å². The Kier molecular flexibility index (Phi) is 6.14. The summed E-state index contributed by atoms with van der Waals surface area (Å²) in [5, 5.41) is 3.56. The molecule has 3 unspecified atom stereocenters. The fraction of sp³-hybridized carbons (Fsp3) is 0.647. The second-order valence-electron chi connectivity index (χ2n) is 6.08. The molecular weight excluding hydrogens is 345 g/mol. The van der Waals surface area contributed by atoms with Crippen LogP contribution < -0.4 is 5.32 Å². The van der Waals surface area contributed by atoms with E-state index in [0.717, 1.165) is 24.3 Å². The molecule has 0 aromatic heterocycles. The zero-order valence-corrected chi connectivity index (χ0v) is 14.3. The highest BCUT2D eigenvalue weighted by Gasteiger charge is 2.28. The Morgan fingerprint density at radius 3 is 2.58 bits per heavy atom. The van der Waals surface area contributed by atoms with Gasteiger partial charge in [0.15, 0.2) is 0 Å². The number of benzene rings is 1. The predicted molar refractivity (Wildman–Crippen MR) is 91.4 cm³/mol. The van der Waals surface area contributed by atoms with Crippen LogP contribution in [0.4, 0.5) is 0 Å². The van der Waals surface area contributed by atoms with Gasteiger partial charge in [0.25, 0.3) is 0 Å². The number of nitrogens with one attached hydrogen (secondary N) is 1. The molecule has 2 rings (SSSR count). The van der Waals surface area contributed by atoms with Gasteiger partial charge in [-0.3, -0.25) is 0 Å². The molecule has 0 saturated heterocycles. The van der Waals surface area contributed by atoms with Crippen LogP contribution in [0, 0.1) is 21.3 Å². The molecule has 0 heterocycles. The molecule has 1 N–H and O–H groups in total. The van der Waals surface area contributed by atoms with E-state index in [1.165, 1.54) is 41.4 Å². The van der Waals surface area contributed by atoms with E-state index < -0.39 is 0 Å². The van der Waals surface area contributed by atoms with Gasteiger partial charge in [0.05, 0.1) is 0 Å². The molecule has 0 spiro atoms. The van der Waals surface area contributed by atoms with Crippen LogP contribution in [0.15, 0.2) is 24.3 Å². The number of rotatable bonds is 5. The maximum Gasteiger partial charge on any atom is 0.0130 e. The molecule has 19 heavy (non-hydrogen) atoms. The van der Waals surface area contributed by atoms with Crippen LogP contribution in [0.5, 0.6) is 0 Å². The molecule has 1 saturated carbocycles. The zero-order valence-electron chi connectivity index (χ0n) is 12.2. The molecule has 1 fully saturated rings. The second kappa shape index (κ2) is 7.63. The van der Waals surface area contributed by atoms with Crippen LogP contribution in [0.3, 0.4) is 0 Å². The Balaban J connectivity index is 1.98. The van der Waals surface area contributed by atoms with Crippen molar-refractivity contribution in [3.05, 3.63) is 33.4 Å². The van der Waals surface area contributed by atoms with Crippen molar-refractivity contribution >= 4 is 22.6 Å². The van der Waals surface area contributed by atoms with Crippen molar-refractivity contribution in [2.24, 2.45) is 17.8 Å². The highest BCUT2D eigenvalue weighted by atomic mass is 127. The van der Waals surface area contributed by atoms with E-state index >= 15 is 0 Å². The Morgan fingerprint density at radius 1 is 1.16 bits per heavy atom. The van der Waals surface area contributed by atoms with Gasteiger partial charge in [0.1, 0.15) is 0 Å². The topological polar surface area (TPSA) is 12.0 Å². The number of hydrogen-bond donors (Lipinski definition) is 1. The van der Waals surface area contributed by atoms with Gasteiger partial charge < -0.3 is 5.32 Å². The van der Waals surface area contributed by atoms with Gasteiger partial charge in [-0.25, -0.2) is 0 Å². The molecule has 3 atom stereocenters. The van der Waals surface area contributed by atoms with Crippen molar-refractivity contribution in [3.8, 4) is 0 Å². The largest absolute Gasteiger partial charge is 0.317 e. The molecule has 0 radical (unpaired) electrons. The molecule has 0 bridgehead atoms. The summed E-state index contributed by atoms with van der Waals surface area (Å²) in [6.45, 7) is 6.94. The third-order valence-corrected chi connectivity index (χ3v) is 5.19. The highest BCUT2D eigenvalue weighted by molar-refractivity contribution is 14.1. The molecule has 1 nitrogen and oxygen atoms in total. The Morgan fingerprint density at radius 2 is 1.89 bits per heavy atom. The van der Waals surface area contributed by atoms with Gasteiger partial charge in [-0.2, -0.15) is 0 Å². The Labute approximate surface area is 131 Å². The van der Waals surface area contributed by atoms with Crippen LogP contribution in [0.25, 0.3) is 0 Å². The first-order chi connectivity index (χ1) is 9.19. The molecule has 1 aromatic rings. The lowest BCUT2D eigenvalue weighted by Crippen LogP contribution is -2.33. The molecule has 106 valence electrons. The second-order valence-corrected chi connectivity index (χ2v) is 7.32. The fourth-order valence-electron chi connectivity index (χ4n) is 3.33. The maximum absolute atomic E-state index is 3.56. The summed E-state index contributed by atoms with van der Waals surface area (Å²) in [4.78, 5) is 0. The summed E-state index contributed by atoms with van der Waals surface area (Å²) in [7, 11) is 0. The molecule has 2 heteroatoms. The summed E-state index contributed by atoms with van der Waals surface area (Å²) in [5.41, 5.74) is 1.51. The minimum atomic E-state index is 0.864. The van der Waals surface area contributed by atoms with Crippen LogP contribution in [0.1, 0.15) is 38.7 Å². The van der Waals surface area contributed by atoms with Crippen LogP contribution >= 0.6 is 22.6 Å². The normalized spacial score (nSPS) is 27.4. The first-order valence-corrected chi connectivity index (χ1v) is 8.72. The molecule has 0 amide bonds. The number of hydrogen-bond acceptors (Lipinski definition) is 1. The van der Waals surface area contributed by atoms with Crippen LogP contribution in [-0.2, 0) is 6.42 Å². The van der Waals surface area contributed by atoms with E-state index in [1.807, 2.05) is 0 Å². The fourth-order valence-corrected chi connectivity index (χ4v) is 3.69. The smallest absolute Gasteiger partial charge is 0.0130 e. The zero-order chi connectivity index (χ0) is 13.7. The van der Waals surface area contributed by atoms with Crippen LogP contribution in [-0.4, -0.2) is 13.1 Å². The van der Waals surface area contributed by atoms with Gasteiger partial charge in [0.2, 0.25) is 0 Å². The van der Waals surface area contributed by atoms with Crippen molar-refractivity contribution in [3.63, 3.8) is 0 Å².